The highest BCUT2D eigenvalue weighted by atomic mass is 16.6. The van der Waals surface area contributed by atoms with Crippen LogP contribution in [0.25, 0.3) is 0 Å². The fourth-order valence-electron chi connectivity index (χ4n) is 1.12. The number of rotatable bonds is 5. The van der Waals surface area contributed by atoms with Gasteiger partial charge in [-0.05, 0) is 0 Å². The second-order valence-corrected chi connectivity index (χ2v) is 2.97. The molecular formula is C10H14N4O2. The Kier molecular flexibility index (Phi) is 4.81. The molecule has 86 valence electrons. The van der Waals surface area contributed by atoms with Gasteiger partial charge in [0.05, 0.1) is 0 Å². The summed E-state index contributed by atoms with van der Waals surface area (Å²) in [4.78, 5) is 10.9. The highest BCUT2D eigenvalue weighted by Crippen LogP contribution is 2.12. The van der Waals surface area contributed by atoms with Gasteiger partial charge in [0.1, 0.15) is 6.34 Å². The van der Waals surface area contributed by atoms with Crippen LogP contribution in [0.2, 0.25) is 0 Å². The van der Waals surface area contributed by atoms with E-state index in [9.17, 15) is 4.79 Å². The standard InChI is InChI=1S/C10H14N4O2/c1-8(15)16-10(14-13-7-12-11)9-5-3-2-4-6-9/h2-7,10,14H,11H2,1H3,(H,12,13). The minimum atomic E-state index is -0.586. The van der Waals surface area contributed by atoms with Gasteiger partial charge in [-0.1, -0.05) is 30.3 Å². The molecular weight excluding hydrogens is 208 g/mol. The van der Waals surface area contributed by atoms with Gasteiger partial charge in [0, 0.05) is 12.5 Å². The summed E-state index contributed by atoms with van der Waals surface area (Å²) in [6.07, 6.45) is 0.663. The minimum Gasteiger partial charge on any atom is -0.441 e. The number of nitrogens with two attached hydrogens (primary N) is 1. The fraction of sp³-hybridized carbons (Fsp3) is 0.200. The topological polar surface area (TPSA) is 88.7 Å². The van der Waals surface area contributed by atoms with Crippen LogP contribution in [0.15, 0.2) is 35.4 Å². The smallest absolute Gasteiger partial charge is 0.304 e. The van der Waals surface area contributed by atoms with Gasteiger partial charge in [0.2, 0.25) is 0 Å². The Morgan fingerprint density at radius 1 is 1.50 bits per heavy atom. The molecule has 16 heavy (non-hydrogen) atoms. The van der Waals surface area contributed by atoms with Gasteiger partial charge in [-0.2, -0.15) is 10.5 Å². The second kappa shape index (κ2) is 6.41. The van der Waals surface area contributed by atoms with Crippen molar-refractivity contribution >= 4 is 12.3 Å². The van der Waals surface area contributed by atoms with Gasteiger partial charge >= 0.3 is 5.97 Å². The van der Waals surface area contributed by atoms with Crippen LogP contribution in [-0.2, 0) is 9.53 Å². The van der Waals surface area contributed by atoms with Crippen molar-refractivity contribution < 1.29 is 9.53 Å². The third-order valence-corrected chi connectivity index (χ3v) is 1.74. The van der Waals surface area contributed by atoms with Crippen molar-refractivity contribution in [2.75, 3.05) is 0 Å². The summed E-state index contributed by atoms with van der Waals surface area (Å²) in [5.74, 6) is 4.53. The molecule has 0 aliphatic carbocycles. The van der Waals surface area contributed by atoms with Gasteiger partial charge in [-0.3, -0.25) is 4.79 Å². The minimum absolute atomic E-state index is 0.382. The third kappa shape index (κ3) is 3.97. The number of nitrogens with zero attached hydrogens (tertiary/aromatic N) is 1. The average Bonchev–Trinajstić information content (AvgIpc) is 2.29. The summed E-state index contributed by atoms with van der Waals surface area (Å²) in [6.45, 7) is 1.34. The molecule has 0 spiro atoms. The molecule has 0 fully saturated rings. The molecule has 4 N–H and O–H groups in total. The van der Waals surface area contributed by atoms with E-state index in [-0.39, 0.29) is 5.97 Å². The van der Waals surface area contributed by atoms with Crippen LogP contribution in [0.3, 0.4) is 0 Å². The summed E-state index contributed by atoms with van der Waals surface area (Å²) in [7, 11) is 0. The Morgan fingerprint density at radius 2 is 2.19 bits per heavy atom. The number of hydrazine groups is 1. The van der Waals surface area contributed by atoms with Gasteiger partial charge < -0.3 is 16.0 Å². The molecule has 1 atom stereocenters. The molecule has 0 radical (unpaired) electrons. The summed E-state index contributed by atoms with van der Waals surface area (Å²) in [5, 5.41) is 3.24. The Bertz CT molecular complexity index is 353. The number of ether oxygens (including phenoxy) is 1. The number of benzene rings is 1. The molecule has 0 heterocycles. The summed E-state index contributed by atoms with van der Waals surface area (Å²) in [5.41, 5.74) is 6.16. The SMILES string of the molecule is CC(=O)OC(NNC=NN)c1ccccc1. The first-order valence-electron chi connectivity index (χ1n) is 4.69. The van der Waals surface area contributed by atoms with E-state index in [0.29, 0.717) is 0 Å². The predicted octanol–water partition coefficient (Wildman–Crippen LogP) is 0.245. The molecule has 0 aromatic heterocycles. The third-order valence-electron chi connectivity index (χ3n) is 1.74. The number of hydrazone groups is 1. The van der Waals surface area contributed by atoms with Gasteiger partial charge in [0.25, 0.3) is 0 Å². The van der Waals surface area contributed by atoms with Crippen LogP contribution in [0.5, 0.6) is 0 Å². The number of hydrogen-bond donors (Lipinski definition) is 3. The number of carbonyl (C=O) groups is 1. The molecule has 0 aliphatic heterocycles. The largest absolute Gasteiger partial charge is 0.441 e. The zero-order valence-electron chi connectivity index (χ0n) is 8.88. The fourth-order valence-corrected chi connectivity index (χ4v) is 1.12. The van der Waals surface area contributed by atoms with E-state index in [1.165, 1.54) is 13.3 Å². The molecule has 0 aliphatic rings. The van der Waals surface area contributed by atoms with Crippen molar-refractivity contribution in [2.24, 2.45) is 10.9 Å². The molecule has 0 amide bonds. The lowest BCUT2D eigenvalue weighted by Crippen LogP contribution is -2.36. The van der Waals surface area contributed by atoms with Crippen molar-refractivity contribution in [1.29, 1.82) is 0 Å². The highest BCUT2D eigenvalue weighted by Gasteiger charge is 2.12. The zero-order valence-corrected chi connectivity index (χ0v) is 8.88. The van der Waals surface area contributed by atoms with Crippen molar-refractivity contribution in [3.63, 3.8) is 0 Å². The first-order valence-corrected chi connectivity index (χ1v) is 4.69. The zero-order chi connectivity index (χ0) is 11.8. The highest BCUT2D eigenvalue weighted by molar-refractivity contribution is 5.66. The first kappa shape index (κ1) is 12.0. The maximum absolute atomic E-state index is 10.9. The molecule has 6 heteroatoms. The van der Waals surface area contributed by atoms with Crippen LogP contribution >= 0.6 is 0 Å². The molecule has 1 rings (SSSR count). The maximum atomic E-state index is 10.9. The van der Waals surface area contributed by atoms with E-state index < -0.39 is 6.23 Å². The van der Waals surface area contributed by atoms with Crippen molar-refractivity contribution in [1.82, 2.24) is 10.9 Å². The monoisotopic (exact) mass is 222 g/mol. The number of carbonyl (C=O) groups excluding carboxylic acids is 1. The quantitative estimate of drug-likeness (QED) is 0.166. The van der Waals surface area contributed by atoms with E-state index in [2.05, 4.69) is 16.0 Å². The Hall–Kier alpha value is -2.08. The molecule has 0 saturated heterocycles. The van der Waals surface area contributed by atoms with Gasteiger partial charge in [-0.15, -0.1) is 0 Å². The lowest BCUT2D eigenvalue weighted by atomic mass is 10.2. The molecule has 0 saturated carbocycles. The van der Waals surface area contributed by atoms with E-state index in [4.69, 9.17) is 10.6 Å². The van der Waals surface area contributed by atoms with Crippen molar-refractivity contribution in [2.45, 2.75) is 13.2 Å². The molecule has 1 aromatic carbocycles. The van der Waals surface area contributed by atoms with Crippen LogP contribution in [0.4, 0.5) is 0 Å². The first-order chi connectivity index (χ1) is 7.74. The van der Waals surface area contributed by atoms with E-state index in [0.717, 1.165) is 5.56 Å². The number of nitrogens with one attached hydrogen (secondary N) is 2. The Balaban J connectivity index is 2.67. The van der Waals surface area contributed by atoms with Crippen LogP contribution in [-0.4, -0.2) is 12.3 Å². The molecule has 1 aromatic rings. The van der Waals surface area contributed by atoms with E-state index in [1.54, 1.807) is 0 Å². The Morgan fingerprint density at radius 3 is 2.75 bits per heavy atom. The van der Waals surface area contributed by atoms with Crippen molar-refractivity contribution in [3.05, 3.63) is 35.9 Å². The molecule has 0 bridgehead atoms. The average molecular weight is 222 g/mol. The molecule has 1 unspecified atom stereocenters. The summed E-state index contributed by atoms with van der Waals surface area (Å²) >= 11 is 0. The van der Waals surface area contributed by atoms with E-state index >= 15 is 0 Å². The van der Waals surface area contributed by atoms with Gasteiger partial charge in [-0.25, -0.2) is 0 Å². The van der Waals surface area contributed by atoms with Crippen LogP contribution < -0.4 is 16.7 Å². The van der Waals surface area contributed by atoms with Crippen LogP contribution in [0, 0.1) is 0 Å². The maximum Gasteiger partial charge on any atom is 0.304 e. The second-order valence-electron chi connectivity index (χ2n) is 2.97. The summed E-state index contributed by atoms with van der Waals surface area (Å²) in [6, 6.07) is 9.25. The Labute approximate surface area is 93.4 Å². The molecule has 6 nitrogen and oxygen atoms in total. The lowest BCUT2D eigenvalue weighted by molar-refractivity contribution is -0.148. The van der Waals surface area contributed by atoms with E-state index in [1.807, 2.05) is 30.3 Å². The predicted molar refractivity (Wildman–Crippen MR) is 59.9 cm³/mol. The number of esters is 1. The number of hydrogen-bond acceptors (Lipinski definition) is 5. The van der Waals surface area contributed by atoms with Crippen LogP contribution in [0.1, 0.15) is 18.7 Å². The normalized spacial score (nSPS) is 12.3. The lowest BCUT2D eigenvalue weighted by Gasteiger charge is -2.18. The van der Waals surface area contributed by atoms with Crippen molar-refractivity contribution in [3.8, 4) is 0 Å². The van der Waals surface area contributed by atoms with Gasteiger partial charge in [0.15, 0.2) is 6.23 Å². The summed E-state index contributed by atoms with van der Waals surface area (Å²) < 4.78 is 5.07.